The molecule has 6 fully saturated rings. The lowest BCUT2D eigenvalue weighted by Gasteiger charge is -2.61. The molecule has 3 saturated carbocycles. The van der Waals surface area contributed by atoms with Crippen LogP contribution in [0, 0.1) is 16.0 Å². The van der Waals surface area contributed by atoms with Crippen LogP contribution in [0.1, 0.15) is 64.2 Å². The first-order valence-electron chi connectivity index (χ1n) is 18.4. The molecule has 3 aliphatic carbocycles. The average molecular weight is 676 g/mol. The highest BCUT2D eigenvalue weighted by atomic mass is 19.1. The Bertz CT molecular complexity index is 1230. The second-order valence-electron chi connectivity index (χ2n) is 15.5. The molecule has 0 bridgehead atoms. The third kappa shape index (κ3) is 6.89. The zero-order chi connectivity index (χ0) is 33.5. The minimum atomic E-state index is -1.28. The summed E-state index contributed by atoms with van der Waals surface area (Å²) in [6.07, 6.45) is 6.29. The van der Waals surface area contributed by atoms with Gasteiger partial charge in [0.05, 0.1) is 48.1 Å². The molecule has 48 heavy (non-hydrogen) atoms. The van der Waals surface area contributed by atoms with E-state index in [-0.39, 0.29) is 65.2 Å². The molecule has 13 nitrogen and oxygen atoms in total. The van der Waals surface area contributed by atoms with Crippen molar-refractivity contribution in [3.63, 3.8) is 0 Å². The molecule has 12 unspecified atom stereocenters. The predicted octanol–water partition coefficient (Wildman–Crippen LogP) is 0.847. The number of alkyl halides is 1. The van der Waals surface area contributed by atoms with Crippen molar-refractivity contribution >= 4 is 11.7 Å². The maximum Gasteiger partial charge on any atom is 0.256 e. The fraction of sp³-hybridized carbons (Fsp3) is 0.882. The molecule has 0 aromatic rings. The van der Waals surface area contributed by atoms with E-state index in [1.54, 1.807) is 6.20 Å². The van der Waals surface area contributed by atoms with Gasteiger partial charge in [-0.2, -0.15) is 0 Å². The third-order valence-electron chi connectivity index (χ3n) is 12.2. The lowest BCUT2D eigenvalue weighted by atomic mass is 9.69. The Labute approximate surface area is 282 Å². The summed E-state index contributed by atoms with van der Waals surface area (Å²) in [7, 11) is 4.02. The number of Topliss-reactive ketones (excluding diaryl/α,β-unsaturated/α-hetero) is 1. The Morgan fingerprint density at radius 3 is 2.62 bits per heavy atom. The van der Waals surface area contributed by atoms with Crippen molar-refractivity contribution in [2.45, 2.75) is 131 Å². The summed E-state index contributed by atoms with van der Waals surface area (Å²) in [6.45, 7) is 5.02. The maximum absolute atomic E-state index is 16.2. The van der Waals surface area contributed by atoms with Crippen LogP contribution in [0.4, 0.5) is 4.39 Å². The highest BCUT2D eigenvalue weighted by Gasteiger charge is 2.60. The molecule has 3 saturated heterocycles. The molecule has 14 heteroatoms. The maximum atomic E-state index is 16.2. The summed E-state index contributed by atoms with van der Waals surface area (Å²) < 4.78 is 29.7. The minimum absolute atomic E-state index is 0.0127. The van der Waals surface area contributed by atoms with E-state index in [1.807, 2.05) is 14.1 Å². The highest BCUT2D eigenvalue weighted by Crippen LogP contribution is 2.47. The number of halogens is 1. The summed E-state index contributed by atoms with van der Waals surface area (Å²) >= 11 is 0. The van der Waals surface area contributed by atoms with Crippen LogP contribution in [0.5, 0.6) is 0 Å². The van der Waals surface area contributed by atoms with E-state index in [0.29, 0.717) is 45.2 Å². The first-order chi connectivity index (χ1) is 23.2. The fourth-order valence-corrected chi connectivity index (χ4v) is 9.70. The molecule has 3 N–H and O–H groups in total. The zero-order valence-corrected chi connectivity index (χ0v) is 28.4. The number of nitro groups is 1. The van der Waals surface area contributed by atoms with Gasteiger partial charge in [-0.3, -0.25) is 19.7 Å². The van der Waals surface area contributed by atoms with E-state index in [4.69, 9.17) is 9.47 Å². The molecular formula is C34H54FN7O6. The molecule has 268 valence electrons. The van der Waals surface area contributed by atoms with Crippen molar-refractivity contribution in [1.82, 2.24) is 30.7 Å². The van der Waals surface area contributed by atoms with E-state index in [1.165, 1.54) is 12.8 Å². The van der Waals surface area contributed by atoms with Crippen LogP contribution in [0.2, 0.25) is 0 Å². The molecule has 7 aliphatic rings. The Morgan fingerprint density at radius 1 is 1.06 bits per heavy atom. The number of likely N-dealkylation sites (tertiary alicyclic amines) is 1. The van der Waals surface area contributed by atoms with Gasteiger partial charge in [0.25, 0.3) is 5.91 Å². The number of hydrogen-bond donors (Lipinski definition) is 3. The number of nitrogens with zero attached hydrogens (tertiary/aromatic N) is 4. The minimum Gasteiger partial charge on any atom is -0.371 e. The van der Waals surface area contributed by atoms with Gasteiger partial charge >= 0.3 is 0 Å². The number of rotatable bonds is 11. The van der Waals surface area contributed by atoms with Gasteiger partial charge in [-0.05, 0) is 85.1 Å². The van der Waals surface area contributed by atoms with E-state index in [9.17, 15) is 19.7 Å². The largest absolute Gasteiger partial charge is 0.371 e. The number of carbonyl (C=O) groups is 2. The number of amides is 1. The third-order valence-corrected chi connectivity index (χ3v) is 12.2. The molecule has 4 aliphatic heterocycles. The molecule has 4 heterocycles. The van der Waals surface area contributed by atoms with Gasteiger partial charge in [-0.25, -0.2) is 4.39 Å². The van der Waals surface area contributed by atoms with Gasteiger partial charge < -0.3 is 40.1 Å². The summed E-state index contributed by atoms with van der Waals surface area (Å²) in [5, 5.41) is 21.8. The SMILES string of the molecule is CN(C)CCCCNC(=O)C1=CN2C3CC4OC5CC([N+](=O)[O-])CCC5NC4CC3OC3C(NCCN4CCCC4)C(F)CC(C1=O)C32. The number of ether oxygens (including phenoxy) is 2. The van der Waals surface area contributed by atoms with Crippen LogP contribution in [-0.2, 0) is 19.1 Å². The topological polar surface area (TPSA) is 142 Å². The molecular weight excluding hydrogens is 621 g/mol. The van der Waals surface area contributed by atoms with E-state index < -0.39 is 36.2 Å². The zero-order valence-electron chi connectivity index (χ0n) is 28.4. The van der Waals surface area contributed by atoms with Crippen molar-refractivity contribution in [1.29, 1.82) is 0 Å². The van der Waals surface area contributed by atoms with Crippen molar-refractivity contribution in [3.05, 3.63) is 21.9 Å². The lowest BCUT2D eigenvalue weighted by molar-refractivity contribution is -0.529. The number of hydrogen-bond acceptors (Lipinski definition) is 11. The van der Waals surface area contributed by atoms with Crippen molar-refractivity contribution in [3.8, 4) is 0 Å². The van der Waals surface area contributed by atoms with Gasteiger partial charge in [0.2, 0.25) is 6.04 Å². The van der Waals surface area contributed by atoms with Crippen molar-refractivity contribution < 1.29 is 28.4 Å². The first kappa shape index (κ1) is 34.2. The van der Waals surface area contributed by atoms with E-state index in [0.717, 1.165) is 39.0 Å². The quantitative estimate of drug-likeness (QED) is 0.124. The number of nitrogens with one attached hydrogen (secondary N) is 3. The van der Waals surface area contributed by atoms with Crippen LogP contribution in [-0.4, -0.2) is 152 Å². The normalized spacial score (nSPS) is 40.8. The number of unbranched alkanes of at least 4 members (excludes halogenated alkanes) is 1. The van der Waals surface area contributed by atoms with Crippen LogP contribution in [0.3, 0.4) is 0 Å². The van der Waals surface area contributed by atoms with E-state index in [2.05, 4.69) is 30.7 Å². The Hall–Kier alpha value is -2.23. The first-order valence-corrected chi connectivity index (χ1v) is 18.4. The molecule has 0 aromatic heterocycles. The average Bonchev–Trinajstić information content (AvgIpc) is 3.58. The van der Waals surface area contributed by atoms with Crippen molar-refractivity contribution in [2.24, 2.45) is 5.92 Å². The van der Waals surface area contributed by atoms with Gasteiger partial charge in [-0.1, -0.05) is 0 Å². The summed E-state index contributed by atoms with van der Waals surface area (Å²) in [5.74, 6) is -1.38. The number of morpholine rings is 2. The predicted molar refractivity (Wildman–Crippen MR) is 176 cm³/mol. The highest BCUT2D eigenvalue weighted by molar-refractivity contribution is 6.20. The molecule has 0 radical (unpaired) electrons. The second-order valence-corrected chi connectivity index (χ2v) is 15.5. The Balaban J connectivity index is 1.12. The molecule has 12 atom stereocenters. The number of ketones is 1. The smallest absolute Gasteiger partial charge is 0.256 e. The van der Waals surface area contributed by atoms with Crippen molar-refractivity contribution in [2.75, 3.05) is 53.4 Å². The Kier molecular flexibility index (Phi) is 10.4. The standard InChI is InChI=1S/C34H54FN7O6/c1-39(2)11-4-3-9-37-34(44)22-19-41-26-18-28-25(38-24-8-7-20(42(45)46)15-27(24)47-28)17-29(26)48-33-30(36-10-14-40-12-5-6-13-40)23(35)16-21(31(33)41)32(22)43/h19-21,23-31,33,36,38H,3-18H2,1-2H3,(H,37,44). The molecule has 0 spiro atoms. The monoisotopic (exact) mass is 675 g/mol. The van der Waals surface area contributed by atoms with Crippen LogP contribution in [0.25, 0.3) is 0 Å². The van der Waals surface area contributed by atoms with Gasteiger partial charge in [-0.15, -0.1) is 0 Å². The summed E-state index contributed by atoms with van der Waals surface area (Å²) in [5.41, 5.74) is 0.0990. The fourth-order valence-electron chi connectivity index (χ4n) is 9.70. The van der Waals surface area contributed by atoms with Crippen LogP contribution >= 0.6 is 0 Å². The summed E-state index contributed by atoms with van der Waals surface area (Å²) in [6, 6.07) is -1.63. The lowest BCUT2D eigenvalue weighted by Crippen LogP contribution is -2.75. The van der Waals surface area contributed by atoms with Gasteiger partial charge in [0.15, 0.2) is 5.78 Å². The number of carbonyl (C=O) groups excluding carboxylic acids is 2. The number of fused-ring (bicyclic) bond motifs is 4. The second kappa shape index (κ2) is 14.6. The molecule has 7 rings (SSSR count). The van der Waals surface area contributed by atoms with Crippen LogP contribution < -0.4 is 16.0 Å². The summed E-state index contributed by atoms with van der Waals surface area (Å²) in [4.78, 5) is 45.6. The molecule has 1 amide bonds. The van der Waals surface area contributed by atoms with Gasteiger partial charge in [0.1, 0.15) is 6.17 Å². The van der Waals surface area contributed by atoms with Crippen LogP contribution in [0.15, 0.2) is 11.8 Å². The van der Waals surface area contributed by atoms with Gasteiger partial charge in [0, 0.05) is 61.6 Å². The molecule has 0 aromatic carbocycles. The van der Waals surface area contributed by atoms with E-state index >= 15 is 4.39 Å². The Morgan fingerprint density at radius 2 is 1.85 bits per heavy atom.